The highest BCUT2D eigenvalue weighted by molar-refractivity contribution is 5.38. The first-order valence-corrected chi connectivity index (χ1v) is 9.93. The summed E-state index contributed by atoms with van der Waals surface area (Å²) in [6, 6.07) is 9.69. The van der Waals surface area contributed by atoms with E-state index in [0.29, 0.717) is 12.0 Å². The van der Waals surface area contributed by atoms with Gasteiger partial charge in [-0.1, -0.05) is 61.5 Å². The summed E-state index contributed by atoms with van der Waals surface area (Å²) in [5.74, 6) is -37.7. The fourth-order valence-electron chi connectivity index (χ4n) is 3.34. The molecule has 202 valence electrons. The molecule has 0 heterocycles. The van der Waals surface area contributed by atoms with Gasteiger partial charge in [-0.3, -0.25) is 0 Å². The van der Waals surface area contributed by atoms with Gasteiger partial charge in [0.15, 0.2) is 0 Å². The van der Waals surface area contributed by atoms with Crippen molar-refractivity contribution in [2.24, 2.45) is 0 Å². The molecule has 1 N–H and O–H groups in total. The smallest absolute Gasteiger partial charge is 0.380 e. The van der Waals surface area contributed by atoms with Crippen LogP contribution >= 0.6 is 0 Å². The minimum atomic E-state index is -8.00. The lowest BCUT2D eigenvalue weighted by molar-refractivity contribution is -0.441. The fraction of sp³-hybridized carbons (Fsp3) is 0.455. The van der Waals surface area contributed by atoms with Crippen molar-refractivity contribution in [3.63, 3.8) is 0 Å². The molecule has 0 aliphatic carbocycles. The number of hydrogen-bond donors (Lipinski definition) is 1. The van der Waals surface area contributed by atoms with Gasteiger partial charge in [0.25, 0.3) is 0 Å². The van der Waals surface area contributed by atoms with E-state index >= 15 is 0 Å². The SMILES string of the molecule is CCc1ccc(C(O)(CC(F)(F)C(F)(F)C(F)(F)C(F)(F)C(F)(F)C(F)(F)F)c2ccccc2)cc1. The van der Waals surface area contributed by atoms with Crippen LogP contribution in [0.5, 0.6) is 0 Å². The van der Waals surface area contributed by atoms with Gasteiger partial charge >= 0.3 is 35.8 Å². The van der Waals surface area contributed by atoms with Crippen LogP contribution < -0.4 is 0 Å². The van der Waals surface area contributed by atoms with Gasteiger partial charge in [-0.2, -0.15) is 57.1 Å². The molecular weight excluding hydrogens is 527 g/mol. The number of aliphatic hydroxyl groups is 1. The van der Waals surface area contributed by atoms with E-state index in [1.54, 1.807) is 6.92 Å². The van der Waals surface area contributed by atoms with E-state index in [-0.39, 0.29) is 0 Å². The molecule has 1 atom stereocenters. The highest BCUT2D eigenvalue weighted by Crippen LogP contribution is 2.61. The zero-order valence-corrected chi connectivity index (χ0v) is 18.0. The van der Waals surface area contributed by atoms with Crippen LogP contribution in [0, 0.1) is 0 Å². The van der Waals surface area contributed by atoms with Crippen molar-refractivity contribution in [2.75, 3.05) is 0 Å². The van der Waals surface area contributed by atoms with Gasteiger partial charge in [-0.05, 0) is 23.1 Å². The highest BCUT2D eigenvalue weighted by Gasteiger charge is 2.90. The Morgan fingerprint density at radius 3 is 1.39 bits per heavy atom. The summed E-state index contributed by atoms with van der Waals surface area (Å²) in [6.07, 6.45) is -9.89. The molecule has 1 unspecified atom stereocenters. The van der Waals surface area contributed by atoms with Gasteiger partial charge in [0.2, 0.25) is 0 Å². The summed E-state index contributed by atoms with van der Waals surface area (Å²) in [6.45, 7) is 1.66. The van der Waals surface area contributed by atoms with Crippen LogP contribution in [0.4, 0.5) is 57.1 Å². The molecule has 0 aliphatic rings. The maximum atomic E-state index is 14.7. The molecule has 14 heteroatoms. The molecule has 0 aromatic heterocycles. The largest absolute Gasteiger partial charge is 0.460 e. The number of aryl methyl sites for hydroxylation is 1. The molecule has 0 spiro atoms. The molecule has 0 radical (unpaired) electrons. The Morgan fingerprint density at radius 1 is 0.556 bits per heavy atom. The third kappa shape index (κ3) is 4.52. The number of halogens is 13. The number of benzene rings is 2. The van der Waals surface area contributed by atoms with Crippen LogP contribution in [0.15, 0.2) is 54.6 Å². The lowest BCUT2D eigenvalue weighted by Crippen LogP contribution is -2.70. The van der Waals surface area contributed by atoms with Crippen LogP contribution in [0.3, 0.4) is 0 Å². The quantitative estimate of drug-likeness (QED) is 0.322. The number of rotatable bonds is 9. The molecule has 36 heavy (non-hydrogen) atoms. The topological polar surface area (TPSA) is 20.2 Å². The van der Waals surface area contributed by atoms with E-state index in [2.05, 4.69) is 0 Å². The Labute approximate surface area is 195 Å². The van der Waals surface area contributed by atoms with E-state index in [0.717, 1.165) is 36.4 Å². The standard InChI is InChI=1S/C22H17F13O/c1-2-13-8-10-15(11-9-13)16(36,14-6-4-3-5-7-14)12-17(23,24)18(25,26)19(27,28)20(29,30)21(31,32)22(33,34)35/h3-11,36H,2,12H2,1H3. The third-order valence-corrected chi connectivity index (χ3v) is 5.57. The molecule has 2 aromatic carbocycles. The molecule has 1 nitrogen and oxygen atoms in total. The normalized spacial score (nSPS) is 16.1. The fourth-order valence-corrected chi connectivity index (χ4v) is 3.34. The first kappa shape index (κ1) is 29.7. The van der Waals surface area contributed by atoms with Gasteiger partial charge in [-0.25, -0.2) is 0 Å². The van der Waals surface area contributed by atoms with E-state index < -0.39 is 58.9 Å². The lowest BCUT2D eigenvalue weighted by atomic mass is 9.78. The molecule has 0 saturated heterocycles. The van der Waals surface area contributed by atoms with E-state index in [1.165, 1.54) is 18.2 Å². The molecule has 0 aliphatic heterocycles. The summed E-state index contributed by atoms with van der Waals surface area (Å²) in [7, 11) is 0. The second kappa shape index (κ2) is 9.10. The van der Waals surface area contributed by atoms with Crippen molar-refractivity contribution in [3.8, 4) is 0 Å². The summed E-state index contributed by atoms with van der Waals surface area (Å²) >= 11 is 0. The van der Waals surface area contributed by atoms with Crippen LogP contribution in [0.25, 0.3) is 0 Å². The predicted molar refractivity (Wildman–Crippen MR) is 101 cm³/mol. The van der Waals surface area contributed by atoms with Crippen LogP contribution in [-0.4, -0.2) is 40.9 Å². The summed E-state index contributed by atoms with van der Waals surface area (Å²) in [4.78, 5) is 0. The van der Waals surface area contributed by atoms with Crippen molar-refractivity contribution >= 4 is 0 Å². The van der Waals surface area contributed by atoms with Gasteiger partial charge in [0.1, 0.15) is 5.60 Å². The number of hydrogen-bond acceptors (Lipinski definition) is 1. The third-order valence-electron chi connectivity index (χ3n) is 5.57. The first-order chi connectivity index (χ1) is 16.1. The van der Waals surface area contributed by atoms with Crippen LogP contribution in [-0.2, 0) is 12.0 Å². The Morgan fingerprint density at radius 2 is 0.972 bits per heavy atom. The minimum Gasteiger partial charge on any atom is -0.380 e. The molecule has 2 aromatic rings. The molecule has 2 rings (SSSR count). The summed E-state index contributed by atoms with van der Waals surface area (Å²) in [5, 5.41) is 11.0. The summed E-state index contributed by atoms with van der Waals surface area (Å²) < 4.78 is 176. The maximum absolute atomic E-state index is 14.7. The van der Waals surface area contributed by atoms with Gasteiger partial charge < -0.3 is 5.11 Å². The summed E-state index contributed by atoms with van der Waals surface area (Å²) in [5.41, 5.74) is -3.96. The van der Waals surface area contributed by atoms with Crippen molar-refractivity contribution < 1.29 is 62.2 Å². The maximum Gasteiger partial charge on any atom is 0.460 e. The lowest BCUT2D eigenvalue weighted by Gasteiger charge is -2.42. The van der Waals surface area contributed by atoms with E-state index in [9.17, 15) is 62.2 Å². The van der Waals surface area contributed by atoms with E-state index in [4.69, 9.17) is 0 Å². The second-order valence-electron chi connectivity index (χ2n) is 7.95. The van der Waals surface area contributed by atoms with Crippen molar-refractivity contribution in [2.45, 2.75) is 61.2 Å². The van der Waals surface area contributed by atoms with Crippen LogP contribution in [0.2, 0.25) is 0 Å². The molecular formula is C22H17F13O. The van der Waals surface area contributed by atoms with Gasteiger partial charge in [0.05, 0.1) is 6.42 Å². The zero-order chi connectivity index (χ0) is 28.0. The number of alkyl halides is 13. The van der Waals surface area contributed by atoms with Gasteiger partial charge in [0, 0.05) is 0 Å². The molecule has 0 bridgehead atoms. The predicted octanol–water partition coefficient (Wildman–Crippen LogP) is 7.61. The average Bonchev–Trinajstić information content (AvgIpc) is 2.78. The Balaban J connectivity index is 2.66. The monoisotopic (exact) mass is 544 g/mol. The molecule has 0 fully saturated rings. The van der Waals surface area contributed by atoms with Crippen LogP contribution in [0.1, 0.15) is 30.0 Å². The minimum absolute atomic E-state index is 0.382. The highest BCUT2D eigenvalue weighted by atomic mass is 19.4. The van der Waals surface area contributed by atoms with E-state index in [1.807, 2.05) is 0 Å². The Kier molecular flexibility index (Phi) is 7.52. The molecule has 0 saturated carbocycles. The zero-order valence-electron chi connectivity index (χ0n) is 18.0. The van der Waals surface area contributed by atoms with Crippen molar-refractivity contribution in [1.82, 2.24) is 0 Å². The van der Waals surface area contributed by atoms with Crippen molar-refractivity contribution in [3.05, 3.63) is 71.3 Å². The Bertz CT molecular complexity index is 1030. The first-order valence-electron chi connectivity index (χ1n) is 9.93. The Hall–Kier alpha value is -2.51. The van der Waals surface area contributed by atoms with Gasteiger partial charge in [-0.15, -0.1) is 0 Å². The second-order valence-corrected chi connectivity index (χ2v) is 7.95. The molecule has 0 amide bonds. The van der Waals surface area contributed by atoms with Crippen molar-refractivity contribution in [1.29, 1.82) is 0 Å². The average molecular weight is 544 g/mol.